The second-order valence-electron chi connectivity index (χ2n) is 6.21. The molecule has 0 fully saturated rings. The summed E-state index contributed by atoms with van der Waals surface area (Å²) >= 11 is 0. The largest absolute Gasteiger partial charge is 0.493 e. The van der Waals surface area contributed by atoms with E-state index < -0.39 is 24.5 Å². The lowest BCUT2D eigenvalue weighted by Gasteiger charge is -2.17. The Kier molecular flexibility index (Phi) is 6.38. The fourth-order valence-electron chi connectivity index (χ4n) is 2.86. The number of benzene rings is 2. The first-order valence-corrected chi connectivity index (χ1v) is 8.98. The number of ether oxygens (including phenoxy) is 3. The van der Waals surface area contributed by atoms with Gasteiger partial charge in [-0.3, -0.25) is 14.9 Å². The standard InChI is InChI=1S/C20H22N4O6/c1-28-15-8-11(9-16(29-2)17(15)30-3)18(26)21-14(10-25)19(27)24-20-22-12-6-4-5-7-13(12)23-20/h4-9,14,25H,10H2,1-3H3,(H,21,26)(H2,22,23,24,27). The number of methoxy groups -OCH3 is 3. The van der Waals surface area contributed by atoms with Crippen LogP contribution in [0.3, 0.4) is 0 Å². The molecule has 0 radical (unpaired) electrons. The van der Waals surface area contributed by atoms with Crippen molar-refractivity contribution >= 4 is 28.8 Å². The average Bonchev–Trinajstić information content (AvgIpc) is 3.18. The highest BCUT2D eigenvalue weighted by molar-refractivity contribution is 6.01. The molecule has 2 aromatic carbocycles. The van der Waals surface area contributed by atoms with Gasteiger partial charge in [0.05, 0.1) is 39.0 Å². The summed E-state index contributed by atoms with van der Waals surface area (Å²) in [6, 6.07) is 8.95. The van der Waals surface area contributed by atoms with Crippen molar-refractivity contribution in [2.75, 3.05) is 33.3 Å². The summed E-state index contributed by atoms with van der Waals surface area (Å²) in [6.45, 7) is -0.609. The molecule has 0 saturated carbocycles. The molecule has 1 atom stereocenters. The van der Waals surface area contributed by atoms with E-state index in [2.05, 4.69) is 20.6 Å². The Bertz CT molecular complexity index is 1010. The summed E-state index contributed by atoms with van der Waals surface area (Å²) in [5.74, 6) is -0.117. The third-order valence-electron chi connectivity index (χ3n) is 4.36. The second kappa shape index (κ2) is 9.14. The van der Waals surface area contributed by atoms with Gasteiger partial charge in [0, 0.05) is 5.56 Å². The molecule has 3 aromatic rings. The number of para-hydroxylation sites is 2. The minimum atomic E-state index is -1.20. The Morgan fingerprint density at radius 3 is 2.33 bits per heavy atom. The van der Waals surface area contributed by atoms with Crippen LogP contribution in [0.25, 0.3) is 11.0 Å². The number of anilines is 1. The molecule has 10 nitrogen and oxygen atoms in total. The lowest BCUT2D eigenvalue weighted by molar-refractivity contribution is -0.118. The molecule has 158 valence electrons. The van der Waals surface area contributed by atoms with Crippen LogP contribution < -0.4 is 24.8 Å². The molecule has 0 bridgehead atoms. The predicted molar refractivity (Wildman–Crippen MR) is 109 cm³/mol. The van der Waals surface area contributed by atoms with Gasteiger partial charge < -0.3 is 29.6 Å². The van der Waals surface area contributed by atoms with Crippen LogP contribution in [-0.4, -0.2) is 60.9 Å². The van der Waals surface area contributed by atoms with Crippen LogP contribution in [0.5, 0.6) is 17.2 Å². The molecule has 0 aliphatic rings. The molecule has 0 spiro atoms. The van der Waals surface area contributed by atoms with E-state index >= 15 is 0 Å². The van der Waals surface area contributed by atoms with Crippen molar-refractivity contribution in [3.8, 4) is 17.2 Å². The van der Waals surface area contributed by atoms with Crippen LogP contribution in [0.4, 0.5) is 5.95 Å². The molecule has 10 heteroatoms. The maximum absolute atomic E-state index is 12.7. The van der Waals surface area contributed by atoms with E-state index in [1.54, 1.807) is 6.07 Å². The lowest BCUT2D eigenvalue weighted by atomic mass is 10.1. The first-order valence-electron chi connectivity index (χ1n) is 8.98. The van der Waals surface area contributed by atoms with Crippen LogP contribution in [-0.2, 0) is 4.79 Å². The van der Waals surface area contributed by atoms with Gasteiger partial charge >= 0.3 is 0 Å². The Hall–Kier alpha value is -3.79. The number of aromatic nitrogens is 2. The number of aromatic amines is 1. The molecule has 30 heavy (non-hydrogen) atoms. The van der Waals surface area contributed by atoms with Gasteiger partial charge in [0.15, 0.2) is 11.5 Å². The molecule has 0 aliphatic carbocycles. The topological polar surface area (TPSA) is 135 Å². The minimum absolute atomic E-state index is 0.166. The van der Waals surface area contributed by atoms with Gasteiger partial charge in [-0.05, 0) is 24.3 Å². The van der Waals surface area contributed by atoms with E-state index in [9.17, 15) is 14.7 Å². The average molecular weight is 414 g/mol. The van der Waals surface area contributed by atoms with Crippen molar-refractivity contribution in [1.82, 2.24) is 15.3 Å². The molecule has 0 aliphatic heterocycles. The van der Waals surface area contributed by atoms with E-state index in [0.29, 0.717) is 11.3 Å². The predicted octanol–water partition coefficient (Wildman–Crippen LogP) is 1.32. The SMILES string of the molecule is COc1cc(C(=O)NC(CO)C(=O)Nc2nc3ccccc3[nH]2)cc(OC)c1OC. The van der Waals surface area contributed by atoms with E-state index in [1.807, 2.05) is 18.2 Å². The molecular weight excluding hydrogens is 392 g/mol. The number of amides is 2. The molecule has 1 unspecified atom stereocenters. The zero-order chi connectivity index (χ0) is 21.7. The van der Waals surface area contributed by atoms with Gasteiger partial charge in [-0.2, -0.15) is 0 Å². The van der Waals surface area contributed by atoms with Crippen molar-refractivity contribution in [3.63, 3.8) is 0 Å². The Morgan fingerprint density at radius 2 is 1.77 bits per heavy atom. The zero-order valence-corrected chi connectivity index (χ0v) is 16.7. The Morgan fingerprint density at radius 1 is 1.10 bits per heavy atom. The Labute approximate surface area is 172 Å². The number of nitrogens with one attached hydrogen (secondary N) is 3. The summed E-state index contributed by atoms with van der Waals surface area (Å²) in [5, 5.41) is 14.7. The van der Waals surface area contributed by atoms with Gasteiger partial charge in [0.25, 0.3) is 11.8 Å². The van der Waals surface area contributed by atoms with Crippen molar-refractivity contribution in [3.05, 3.63) is 42.0 Å². The van der Waals surface area contributed by atoms with Crippen LogP contribution >= 0.6 is 0 Å². The molecule has 0 saturated heterocycles. The number of hydrogen-bond acceptors (Lipinski definition) is 7. The summed E-state index contributed by atoms with van der Waals surface area (Å²) in [4.78, 5) is 32.4. The first-order chi connectivity index (χ1) is 14.5. The number of imidazole rings is 1. The molecule has 4 N–H and O–H groups in total. The van der Waals surface area contributed by atoms with Gasteiger partial charge in [0.1, 0.15) is 6.04 Å². The minimum Gasteiger partial charge on any atom is -0.493 e. The number of carbonyl (C=O) groups is 2. The number of carbonyl (C=O) groups excluding carboxylic acids is 2. The van der Waals surface area contributed by atoms with Crippen molar-refractivity contribution in [1.29, 1.82) is 0 Å². The second-order valence-corrected chi connectivity index (χ2v) is 6.21. The number of aliphatic hydroxyl groups excluding tert-OH is 1. The normalized spacial score (nSPS) is 11.6. The first kappa shape index (κ1) is 20.9. The highest BCUT2D eigenvalue weighted by Gasteiger charge is 2.24. The van der Waals surface area contributed by atoms with E-state index in [4.69, 9.17) is 14.2 Å². The number of hydrogen-bond donors (Lipinski definition) is 4. The van der Waals surface area contributed by atoms with Crippen LogP contribution in [0.15, 0.2) is 36.4 Å². The highest BCUT2D eigenvalue weighted by Crippen LogP contribution is 2.38. The third kappa shape index (κ3) is 4.28. The van der Waals surface area contributed by atoms with E-state index in [-0.39, 0.29) is 23.0 Å². The third-order valence-corrected chi connectivity index (χ3v) is 4.36. The van der Waals surface area contributed by atoms with Crippen LogP contribution in [0, 0.1) is 0 Å². The molecule has 1 heterocycles. The van der Waals surface area contributed by atoms with E-state index in [0.717, 1.165) is 5.52 Å². The Balaban J connectivity index is 1.76. The number of H-pyrrole nitrogens is 1. The maximum Gasteiger partial charge on any atom is 0.252 e. The van der Waals surface area contributed by atoms with Crippen LogP contribution in [0.1, 0.15) is 10.4 Å². The van der Waals surface area contributed by atoms with E-state index in [1.165, 1.54) is 33.5 Å². The fourth-order valence-corrected chi connectivity index (χ4v) is 2.86. The summed E-state index contributed by atoms with van der Waals surface area (Å²) < 4.78 is 15.7. The fraction of sp³-hybridized carbons (Fsp3) is 0.250. The number of aliphatic hydroxyl groups is 1. The zero-order valence-electron chi connectivity index (χ0n) is 16.7. The van der Waals surface area contributed by atoms with Gasteiger partial charge in [-0.25, -0.2) is 4.98 Å². The van der Waals surface area contributed by atoms with Crippen molar-refractivity contribution in [2.45, 2.75) is 6.04 Å². The van der Waals surface area contributed by atoms with Crippen molar-refractivity contribution in [2.24, 2.45) is 0 Å². The van der Waals surface area contributed by atoms with Gasteiger partial charge in [-0.15, -0.1) is 0 Å². The van der Waals surface area contributed by atoms with Crippen LogP contribution in [0.2, 0.25) is 0 Å². The summed E-state index contributed by atoms with van der Waals surface area (Å²) in [5.41, 5.74) is 1.59. The number of fused-ring (bicyclic) bond motifs is 1. The molecule has 2 amide bonds. The molecular formula is C20H22N4O6. The monoisotopic (exact) mass is 414 g/mol. The maximum atomic E-state index is 12.7. The summed E-state index contributed by atoms with van der Waals surface area (Å²) in [7, 11) is 4.30. The lowest BCUT2D eigenvalue weighted by Crippen LogP contribution is -2.46. The van der Waals surface area contributed by atoms with Gasteiger partial charge in [0.2, 0.25) is 11.7 Å². The highest BCUT2D eigenvalue weighted by atomic mass is 16.5. The van der Waals surface area contributed by atoms with Crippen molar-refractivity contribution < 1.29 is 28.9 Å². The number of rotatable bonds is 8. The van der Waals surface area contributed by atoms with Gasteiger partial charge in [-0.1, -0.05) is 12.1 Å². The molecule has 1 aromatic heterocycles. The smallest absolute Gasteiger partial charge is 0.252 e. The summed E-state index contributed by atoms with van der Waals surface area (Å²) in [6.07, 6.45) is 0. The number of nitrogens with zero attached hydrogens (tertiary/aromatic N) is 1. The molecule has 3 rings (SSSR count). The quantitative estimate of drug-likeness (QED) is 0.437.